The Hall–Kier alpha value is -1.82. The van der Waals surface area contributed by atoms with Crippen LogP contribution in [0.15, 0.2) is 24.3 Å². The van der Waals surface area contributed by atoms with Crippen molar-refractivity contribution in [3.05, 3.63) is 35.4 Å². The maximum absolute atomic E-state index is 11.9. The van der Waals surface area contributed by atoms with Gasteiger partial charge in [0, 0.05) is 6.04 Å². The Kier molecular flexibility index (Phi) is 5.33. The van der Waals surface area contributed by atoms with E-state index in [0.29, 0.717) is 6.42 Å². The van der Waals surface area contributed by atoms with Crippen molar-refractivity contribution in [3.8, 4) is 6.07 Å². The highest BCUT2D eigenvalue weighted by atomic mass is 16.1. The average molecular weight is 272 g/mol. The predicted octanol–water partition coefficient (Wildman–Crippen LogP) is 3.19. The van der Waals surface area contributed by atoms with E-state index in [1.54, 1.807) is 0 Å². The van der Waals surface area contributed by atoms with E-state index in [9.17, 15) is 4.79 Å². The minimum Gasteiger partial charge on any atom is -0.353 e. The van der Waals surface area contributed by atoms with Crippen LogP contribution in [0.2, 0.25) is 0 Å². The molecule has 0 fully saturated rings. The summed E-state index contributed by atoms with van der Waals surface area (Å²) in [5.41, 5.74) is 2.38. The molecule has 1 aromatic carbocycles. The zero-order valence-electron chi connectivity index (χ0n) is 13.0. The van der Waals surface area contributed by atoms with Gasteiger partial charge in [0.1, 0.15) is 5.92 Å². The summed E-state index contributed by atoms with van der Waals surface area (Å²) >= 11 is 0. The molecule has 108 valence electrons. The van der Waals surface area contributed by atoms with Gasteiger partial charge < -0.3 is 5.32 Å². The van der Waals surface area contributed by atoms with E-state index in [1.807, 2.05) is 26.0 Å². The first-order valence-electron chi connectivity index (χ1n) is 7.03. The molecule has 0 aliphatic carbocycles. The maximum atomic E-state index is 11.9. The Morgan fingerprint density at radius 3 is 2.20 bits per heavy atom. The van der Waals surface area contributed by atoms with E-state index < -0.39 is 5.92 Å². The highest BCUT2D eigenvalue weighted by molar-refractivity contribution is 5.81. The summed E-state index contributed by atoms with van der Waals surface area (Å²) in [6, 6.07) is 10.3. The summed E-state index contributed by atoms with van der Waals surface area (Å²) in [6.07, 6.45) is 0.458. The number of rotatable bonds is 4. The molecule has 3 nitrogen and oxygen atoms in total. The molecular weight excluding hydrogens is 248 g/mol. The Morgan fingerprint density at radius 1 is 1.25 bits per heavy atom. The highest BCUT2D eigenvalue weighted by Crippen LogP contribution is 2.22. The van der Waals surface area contributed by atoms with E-state index in [2.05, 4.69) is 44.3 Å². The molecule has 1 amide bonds. The second-order valence-electron chi connectivity index (χ2n) is 6.50. The fourth-order valence-electron chi connectivity index (χ4n) is 1.96. The Labute approximate surface area is 122 Å². The summed E-state index contributed by atoms with van der Waals surface area (Å²) in [4.78, 5) is 11.9. The van der Waals surface area contributed by atoms with E-state index in [1.165, 1.54) is 5.56 Å². The summed E-state index contributed by atoms with van der Waals surface area (Å²) in [7, 11) is 0. The third kappa shape index (κ3) is 4.70. The number of carbonyl (C=O) groups is 1. The van der Waals surface area contributed by atoms with E-state index in [4.69, 9.17) is 5.26 Å². The Morgan fingerprint density at radius 2 is 1.80 bits per heavy atom. The second-order valence-corrected chi connectivity index (χ2v) is 6.50. The third-order valence-corrected chi connectivity index (χ3v) is 3.16. The van der Waals surface area contributed by atoms with Crippen LogP contribution in [0.4, 0.5) is 0 Å². The lowest BCUT2D eigenvalue weighted by Crippen LogP contribution is -2.35. The van der Waals surface area contributed by atoms with Crippen molar-refractivity contribution in [2.24, 2.45) is 5.92 Å². The molecular formula is C17H24N2O. The van der Waals surface area contributed by atoms with Gasteiger partial charge in [0.25, 0.3) is 0 Å². The third-order valence-electron chi connectivity index (χ3n) is 3.16. The largest absolute Gasteiger partial charge is 0.353 e. The molecule has 0 saturated carbocycles. The zero-order chi connectivity index (χ0) is 15.3. The number of hydrogen-bond acceptors (Lipinski definition) is 2. The molecule has 0 saturated heterocycles. The number of nitrogens with zero attached hydrogens (tertiary/aromatic N) is 1. The number of hydrogen-bond donors (Lipinski definition) is 1. The first kappa shape index (κ1) is 16.2. The van der Waals surface area contributed by atoms with Crippen LogP contribution in [0, 0.1) is 17.2 Å². The molecule has 1 aromatic rings. The van der Waals surface area contributed by atoms with Crippen molar-refractivity contribution in [2.75, 3.05) is 0 Å². The van der Waals surface area contributed by atoms with Crippen molar-refractivity contribution in [1.82, 2.24) is 5.32 Å². The minimum atomic E-state index is -0.627. The van der Waals surface area contributed by atoms with Crippen LogP contribution >= 0.6 is 0 Å². The number of amides is 1. The van der Waals surface area contributed by atoms with Gasteiger partial charge in [-0.1, -0.05) is 45.0 Å². The number of nitrogens with one attached hydrogen (secondary N) is 1. The lowest BCUT2D eigenvalue weighted by atomic mass is 9.86. The van der Waals surface area contributed by atoms with Crippen molar-refractivity contribution in [2.45, 2.75) is 52.5 Å². The van der Waals surface area contributed by atoms with Gasteiger partial charge in [-0.25, -0.2) is 0 Å². The number of carbonyl (C=O) groups excluding carboxylic acids is 1. The molecule has 0 aromatic heterocycles. The van der Waals surface area contributed by atoms with Crippen molar-refractivity contribution in [3.63, 3.8) is 0 Å². The molecule has 1 unspecified atom stereocenters. The molecule has 20 heavy (non-hydrogen) atoms. The fraction of sp³-hybridized carbons (Fsp3) is 0.529. The van der Waals surface area contributed by atoms with Crippen LogP contribution in [-0.2, 0) is 16.6 Å². The average Bonchev–Trinajstić information content (AvgIpc) is 2.34. The predicted molar refractivity (Wildman–Crippen MR) is 81.2 cm³/mol. The van der Waals surface area contributed by atoms with Gasteiger partial charge in [0.2, 0.25) is 5.91 Å². The molecule has 1 N–H and O–H groups in total. The molecule has 3 heteroatoms. The van der Waals surface area contributed by atoms with Crippen molar-refractivity contribution >= 4 is 5.91 Å². The van der Waals surface area contributed by atoms with Gasteiger partial charge >= 0.3 is 0 Å². The molecule has 0 spiro atoms. The van der Waals surface area contributed by atoms with Gasteiger partial charge in [-0.05, 0) is 36.8 Å². The van der Waals surface area contributed by atoms with Gasteiger partial charge in [-0.3, -0.25) is 4.79 Å². The van der Waals surface area contributed by atoms with Crippen LogP contribution in [-0.4, -0.2) is 11.9 Å². The maximum Gasteiger partial charge on any atom is 0.237 e. The van der Waals surface area contributed by atoms with Crippen LogP contribution in [0.5, 0.6) is 0 Å². The number of nitriles is 1. The first-order valence-corrected chi connectivity index (χ1v) is 7.03. The van der Waals surface area contributed by atoms with Crippen LogP contribution in [0.1, 0.15) is 45.7 Å². The molecule has 0 radical (unpaired) electrons. The van der Waals surface area contributed by atoms with Gasteiger partial charge in [0.05, 0.1) is 6.07 Å². The smallest absolute Gasteiger partial charge is 0.237 e. The van der Waals surface area contributed by atoms with Crippen LogP contribution in [0.25, 0.3) is 0 Å². The summed E-state index contributed by atoms with van der Waals surface area (Å²) in [5.74, 6) is -0.819. The van der Waals surface area contributed by atoms with E-state index >= 15 is 0 Å². The van der Waals surface area contributed by atoms with E-state index in [-0.39, 0.29) is 17.4 Å². The standard InChI is InChI=1S/C17H24N2O/c1-12(2)19-16(20)14(11-18)10-13-6-8-15(9-7-13)17(3,4)5/h6-9,12,14H,10H2,1-5H3,(H,19,20). The molecule has 0 bridgehead atoms. The topological polar surface area (TPSA) is 52.9 Å². The molecule has 0 aliphatic heterocycles. The summed E-state index contributed by atoms with van der Waals surface area (Å²) < 4.78 is 0. The van der Waals surface area contributed by atoms with E-state index in [0.717, 1.165) is 5.56 Å². The molecule has 1 atom stereocenters. The molecule has 0 aliphatic rings. The normalized spacial score (nSPS) is 12.8. The van der Waals surface area contributed by atoms with Gasteiger partial charge in [-0.2, -0.15) is 5.26 Å². The monoisotopic (exact) mass is 272 g/mol. The first-order chi connectivity index (χ1) is 9.24. The van der Waals surface area contributed by atoms with Crippen LogP contribution in [0.3, 0.4) is 0 Å². The zero-order valence-corrected chi connectivity index (χ0v) is 13.0. The van der Waals surface area contributed by atoms with Crippen LogP contribution < -0.4 is 5.32 Å². The molecule has 0 heterocycles. The van der Waals surface area contributed by atoms with Crippen molar-refractivity contribution in [1.29, 1.82) is 5.26 Å². The lowest BCUT2D eigenvalue weighted by Gasteiger charge is -2.19. The quantitative estimate of drug-likeness (QED) is 0.915. The summed E-state index contributed by atoms with van der Waals surface area (Å²) in [5, 5.41) is 11.9. The summed E-state index contributed by atoms with van der Waals surface area (Å²) in [6.45, 7) is 10.3. The lowest BCUT2D eigenvalue weighted by molar-refractivity contribution is -0.123. The second kappa shape index (κ2) is 6.56. The number of benzene rings is 1. The minimum absolute atomic E-state index is 0.0571. The van der Waals surface area contributed by atoms with Gasteiger partial charge in [0.15, 0.2) is 0 Å². The fourth-order valence-corrected chi connectivity index (χ4v) is 1.96. The Bertz CT molecular complexity index is 489. The van der Waals surface area contributed by atoms with Gasteiger partial charge in [-0.15, -0.1) is 0 Å². The molecule has 1 rings (SSSR count). The van der Waals surface area contributed by atoms with Crippen molar-refractivity contribution < 1.29 is 4.79 Å². The Balaban J connectivity index is 2.77. The SMILES string of the molecule is CC(C)NC(=O)C(C#N)Cc1ccc(C(C)(C)C)cc1. The highest BCUT2D eigenvalue weighted by Gasteiger charge is 2.19.